The molecule has 208 valence electrons. The van der Waals surface area contributed by atoms with E-state index in [1.165, 1.54) is 101 Å². The van der Waals surface area contributed by atoms with Crippen molar-refractivity contribution in [2.45, 2.75) is 155 Å². The smallest absolute Gasteiger partial charge is 0.122 e. The van der Waals surface area contributed by atoms with Crippen molar-refractivity contribution >= 4 is 0 Å². The van der Waals surface area contributed by atoms with E-state index >= 15 is 0 Å². The Hall–Kier alpha value is -1.76. The maximum Gasteiger partial charge on any atom is 0.122 e. The summed E-state index contributed by atoms with van der Waals surface area (Å²) in [5.41, 5.74) is 4.85. The van der Waals surface area contributed by atoms with Gasteiger partial charge in [0.05, 0.1) is 0 Å². The molecule has 1 N–H and O–H groups in total. The van der Waals surface area contributed by atoms with Crippen LogP contribution in [0.5, 0.6) is 5.75 Å². The van der Waals surface area contributed by atoms with Gasteiger partial charge in [-0.3, -0.25) is 0 Å². The Bertz CT molecular complexity index is 860. The summed E-state index contributed by atoms with van der Waals surface area (Å²) in [5.74, 6) is 1.07. The topological polar surface area (TPSA) is 20.2 Å². The van der Waals surface area contributed by atoms with E-state index in [4.69, 9.17) is 0 Å². The van der Waals surface area contributed by atoms with Crippen LogP contribution in [0.15, 0.2) is 42.5 Å². The van der Waals surface area contributed by atoms with E-state index in [1.54, 1.807) is 0 Å². The Morgan fingerprint density at radius 2 is 1.11 bits per heavy atom. The van der Waals surface area contributed by atoms with Crippen molar-refractivity contribution in [1.82, 2.24) is 0 Å². The Labute approximate surface area is 230 Å². The van der Waals surface area contributed by atoms with Crippen molar-refractivity contribution in [3.05, 3.63) is 64.7 Å². The number of phenolic OH excluding ortho intramolecular Hbond substituents is 1. The third-order valence-electron chi connectivity index (χ3n) is 8.32. The number of aromatic hydroxyl groups is 1. The average Bonchev–Trinajstić information content (AvgIpc) is 2.88. The van der Waals surface area contributed by atoms with Gasteiger partial charge in [-0.2, -0.15) is 0 Å². The van der Waals surface area contributed by atoms with E-state index in [1.807, 2.05) is 0 Å². The van der Waals surface area contributed by atoms with E-state index in [9.17, 15) is 5.11 Å². The zero-order valence-electron chi connectivity index (χ0n) is 25.2. The highest BCUT2D eigenvalue weighted by atomic mass is 16.3. The second-order valence-electron chi connectivity index (χ2n) is 12.7. The van der Waals surface area contributed by atoms with Crippen molar-refractivity contribution in [2.75, 3.05) is 0 Å². The summed E-state index contributed by atoms with van der Waals surface area (Å²) in [6, 6.07) is 15.1. The fourth-order valence-corrected chi connectivity index (χ4v) is 5.54. The molecular formula is C36H58O. The van der Waals surface area contributed by atoms with Gasteiger partial charge in [-0.15, -0.1) is 0 Å². The highest BCUT2D eigenvalue weighted by Crippen LogP contribution is 2.41. The summed E-state index contributed by atoms with van der Waals surface area (Å²) < 4.78 is 0. The van der Waals surface area contributed by atoms with Crippen LogP contribution >= 0.6 is 0 Å². The minimum Gasteiger partial charge on any atom is -0.507 e. The molecule has 0 amide bonds. The molecule has 1 heteroatoms. The number of benzene rings is 2. The maximum atomic E-state index is 11.4. The van der Waals surface area contributed by atoms with E-state index < -0.39 is 0 Å². The molecule has 0 spiro atoms. The van der Waals surface area contributed by atoms with Crippen molar-refractivity contribution in [3.8, 4) is 5.75 Å². The first-order valence-corrected chi connectivity index (χ1v) is 15.7. The fourth-order valence-electron chi connectivity index (χ4n) is 5.54. The second kappa shape index (κ2) is 17.0. The predicted octanol–water partition coefficient (Wildman–Crippen LogP) is 11.8. The van der Waals surface area contributed by atoms with Gasteiger partial charge in [-0.05, 0) is 34.4 Å². The number of unbranched alkanes of at least 4 members (excludes halogenated alkanes) is 13. The fraction of sp³-hybridized carbons (Fsp3) is 0.667. The molecule has 0 fully saturated rings. The van der Waals surface area contributed by atoms with Crippen LogP contribution in [0.1, 0.15) is 172 Å². The van der Waals surface area contributed by atoms with Gasteiger partial charge in [-0.25, -0.2) is 0 Å². The van der Waals surface area contributed by atoms with Gasteiger partial charge in [0.25, 0.3) is 0 Å². The molecule has 2 atom stereocenters. The molecule has 0 aliphatic rings. The van der Waals surface area contributed by atoms with Crippen LogP contribution in [-0.2, 0) is 5.41 Å². The maximum absolute atomic E-state index is 11.4. The average molecular weight is 507 g/mol. The standard InChI is InChI=1S/C36H58O/c1-7-8-9-10-11-12-13-14-15-16-17-18-19-21-24-29(2)33-27-32(36(4,5)6)28-34(35(33)37)30(3)31-25-22-20-23-26-31/h20,22-23,25-30,37H,7-19,21,24H2,1-6H3. The third kappa shape index (κ3) is 11.3. The molecule has 0 aliphatic heterocycles. The van der Waals surface area contributed by atoms with Crippen molar-refractivity contribution < 1.29 is 5.11 Å². The van der Waals surface area contributed by atoms with Gasteiger partial charge in [0, 0.05) is 11.5 Å². The summed E-state index contributed by atoms with van der Waals surface area (Å²) in [7, 11) is 0. The van der Waals surface area contributed by atoms with Crippen molar-refractivity contribution in [3.63, 3.8) is 0 Å². The van der Waals surface area contributed by atoms with Gasteiger partial charge in [0.15, 0.2) is 0 Å². The molecule has 0 bridgehead atoms. The monoisotopic (exact) mass is 506 g/mol. The summed E-state index contributed by atoms with van der Waals surface area (Å²) in [6.07, 6.45) is 20.7. The molecule has 37 heavy (non-hydrogen) atoms. The van der Waals surface area contributed by atoms with Gasteiger partial charge in [-0.1, -0.05) is 174 Å². The first-order chi connectivity index (χ1) is 17.8. The Kier molecular flexibility index (Phi) is 14.4. The van der Waals surface area contributed by atoms with E-state index in [-0.39, 0.29) is 11.3 Å². The van der Waals surface area contributed by atoms with Crippen molar-refractivity contribution in [1.29, 1.82) is 0 Å². The quantitative estimate of drug-likeness (QED) is 0.199. The molecule has 1 nitrogen and oxygen atoms in total. The highest BCUT2D eigenvalue weighted by Gasteiger charge is 2.24. The summed E-state index contributed by atoms with van der Waals surface area (Å²) in [6.45, 7) is 13.6. The lowest BCUT2D eigenvalue weighted by Gasteiger charge is -2.26. The largest absolute Gasteiger partial charge is 0.507 e. The second-order valence-corrected chi connectivity index (χ2v) is 12.7. The lowest BCUT2D eigenvalue weighted by Crippen LogP contribution is -2.14. The molecule has 0 aromatic heterocycles. The van der Waals surface area contributed by atoms with Crippen LogP contribution in [0.25, 0.3) is 0 Å². The van der Waals surface area contributed by atoms with E-state index in [0.29, 0.717) is 11.7 Å². The molecule has 2 unspecified atom stereocenters. The molecule has 2 aromatic carbocycles. The third-order valence-corrected chi connectivity index (χ3v) is 8.32. The highest BCUT2D eigenvalue weighted by molar-refractivity contribution is 5.51. The minimum atomic E-state index is 0.0579. The van der Waals surface area contributed by atoms with Crippen LogP contribution in [0.3, 0.4) is 0 Å². The molecule has 0 radical (unpaired) electrons. The lowest BCUT2D eigenvalue weighted by molar-refractivity contribution is 0.446. The molecule has 0 saturated heterocycles. The Morgan fingerprint density at radius 3 is 1.59 bits per heavy atom. The number of rotatable bonds is 18. The van der Waals surface area contributed by atoms with E-state index in [0.717, 1.165) is 17.5 Å². The molecule has 0 aliphatic carbocycles. The van der Waals surface area contributed by atoms with Gasteiger partial charge in [0.2, 0.25) is 0 Å². The number of hydrogen-bond acceptors (Lipinski definition) is 1. The molecule has 0 heterocycles. The zero-order valence-corrected chi connectivity index (χ0v) is 25.2. The van der Waals surface area contributed by atoms with Crippen LogP contribution in [0.4, 0.5) is 0 Å². The molecule has 2 rings (SSSR count). The van der Waals surface area contributed by atoms with Crippen LogP contribution < -0.4 is 0 Å². The minimum absolute atomic E-state index is 0.0579. The first kappa shape index (κ1) is 31.5. The number of hydrogen-bond donors (Lipinski definition) is 1. The van der Waals surface area contributed by atoms with Gasteiger partial charge >= 0.3 is 0 Å². The summed E-state index contributed by atoms with van der Waals surface area (Å²) in [4.78, 5) is 0. The Morgan fingerprint density at radius 1 is 0.649 bits per heavy atom. The SMILES string of the molecule is CCCCCCCCCCCCCCCCC(C)c1cc(C(C)(C)C)cc(C(C)c2ccccc2)c1O. The van der Waals surface area contributed by atoms with Crippen molar-refractivity contribution in [2.24, 2.45) is 0 Å². The molecular weight excluding hydrogens is 448 g/mol. The first-order valence-electron chi connectivity index (χ1n) is 15.7. The predicted molar refractivity (Wildman–Crippen MR) is 164 cm³/mol. The zero-order chi connectivity index (χ0) is 27.1. The number of phenols is 1. The Balaban J connectivity index is 1.79. The normalized spacial score (nSPS) is 13.6. The molecule has 2 aromatic rings. The van der Waals surface area contributed by atoms with Crippen LogP contribution in [0, 0.1) is 0 Å². The van der Waals surface area contributed by atoms with Crippen LogP contribution in [-0.4, -0.2) is 5.11 Å². The van der Waals surface area contributed by atoms with Gasteiger partial charge < -0.3 is 5.11 Å². The lowest BCUT2D eigenvalue weighted by atomic mass is 9.79. The van der Waals surface area contributed by atoms with Gasteiger partial charge in [0.1, 0.15) is 5.75 Å². The summed E-state index contributed by atoms with van der Waals surface area (Å²) in [5, 5.41) is 11.4. The summed E-state index contributed by atoms with van der Waals surface area (Å²) >= 11 is 0. The van der Waals surface area contributed by atoms with E-state index in [2.05, 4.69) is 84.0 Å². The molecule has 0 saturated carbocycles. The van der Waals surface area contributed by atoms with Crippen LogP contribution in [0.2, 0.25) is 0 Å².